The van der Waals surface area contributed by atoms with Crippen molar-refractivity contribution in [3.63, 3.8) is 0 Å². The molecule has 114 valence electrons. The predicted octanol–water partition coefficient (Wildman–Crippen LogP) is 2.16. The SMILES string of the molecule is O=C(O)[C@@H]1CCCCN1C(=O)c1cccc(-c2cn[nH]c2)c1. The van der Waals surface area contributed by atoms with Gasteiger partial charge in [-0.2, -0.15) is 5.10 Å². The highest BCUT2D eigenvalue weighted by Crippen LogP contribution is 2.23. The lowest BCUT2D eigenvalue weighted by Gasteiger charge is -2.33. The van der Waals surface area contributed by atoms with Crippen LogP contribution in [0.5, 0.6) is 0 Å². The van der Waals surface area contributed by atoms with Gasteiger partial charge in [-0.15, -0.1) is 0 Å². The van der Waals surface area contributed by atoms with Crippen molar-refractivity contribution in [3.05, 3.63) is 42.2 Å². The molecule has 1 aliphatic heterocycles. The number of carbonyl (C=O) groups excluding carboxylic acids is 1. The molecule has 2 heterocycles. The summed E-state index contributed by atoms with van der Waals surface area (Å²) in [6, 6.07) is 6.47. The maximum Gasteiger partial charge on any atom is 0.326 e. The van der Waals surface area contributed by atoms with Gasteiger partial charge in [0, 0.05) is 23.9 Å². The highest BCUT2D eigenvalue weighted by atomic mass is 16.4. The van der Waals surface area contributed by atoms with Gasteiger partial charge in [0.2, 0.25) is 0 Å². The Hall–Kier alpha value is -2.63. The van der Waals surface area contributed by atoms with E-state index < -0.39 is 12.0 Å². The first-order valence-electron chi connectivity index (χ1n) is 7.30. The zero-order valence-corrected chi connectivity index (χ0v) is 12.0. The molecule has 0 radical (unpaired) electrons. The molecule has 0 spiro atoms. The van der Waals surface area contributed by atoms with Gasteiger partial charge in [0.1, 0.15) is 6.04 Å². The largest absolute Gasteiger partial charge is 0.480 e. The first-order chi connectivity index (χ1) is 10.7. The number of nitrogens with zero attached hydrogens (tertiary/aromatic N) is 2. The number of rotatable bonds is 3. The van der Waals surface area contributed by atoms with E-state index in [-0.39, 0.29) is 5.91 Å². The summed E-state index contributed by atoms with van der Waals surface area (Å²) in [5.74, 6) is -1.16. The van der Waals surface area contributed by atoms with E-state index in [2.05, 4.69) is 10.2 Å². The van der Waals surface area contributed by atoms with Crippen LogP contribution >= 0.6 is 0 Å². The molecule has 1 aromatic heterocycles. The quantitative estimate of drug-likeness (QED) is 0.909. The third kappa shape index (κ3) is 2.72. The van der Waals surface area contributed by atoms with E-state index >= 15 is 0 Å². The lowest BCUT2D eigenvalue weighted by atomic mass is 9.99. The molecule has 6 nitrogen and oxygen atoms in total. The molecule has 1 aromatic carbocycles. The fraction of sp³-hybridized carbons (Fsp3) is 0.312. The number of carboxylic acid groups (broad SMARTS) is 1. The van der Waals surface area contributed by atoms with Gasteiger partial charge in [0.05, 0.1) is 6.20 Å². The number of carbonyl (C=O) groups is 2. The Bertz CT molecular complexity index is 682. The van der Waals surface area contributed by atoms with Gasteiger partial charge in [-0.1, -0.05) is 12.1 Å². The van der Waals surface area contributed by atoms with E-state index in [1.54, 1.807) is 30.6 Å². The van der Waals surface area contributed by atoms with E-state index in [1.165, 1.54) is 4.90 Å². The van der Waals surface area contributed by atoms with Crippen LogP contribution in [-0.4, -0.2) is 44.7 Å². The number of carboxylic acids is 1. The number of aliphatic carboxylic acids is 1. The summed E-state index contributed by atoms with van der Waals surface area (Å²) >= 11 is 0. The van der Waals surface area contributed by atoms with Crippen molar-refractivity contribution in [1.29, 1.82) is 0 Å². The Labute approximate surface area is 127 Å². The summed E-state index contributed by atoms with van der Waals surface area (Å²) in [4.78, 5) is 25.5. The fourth-order valence-electron chi connectivity index (χ4n) is 2.84. The normalized spacial score (nSPS) is 18.2. The molecule has 3 rings (SSSR count). The number of aromatic amines is 1. The van der Waals surface area contributed by atoms with Crippen molar-refractivity contribution in [2.75, 3.05) is 6.54 Å². The molecule has 1 aliphatic rings. The summed E-state index contributed by atoms with van der Waals surface area (Å²) in [7, 11) is 0. The average Bonchev–Trinajstić information content (AvgIpc) is 3.09. The predicted molar refractivity (Wildman–Crippen MR) is 80.3 cm³/mol. The second kappa shape index (κ2) is 6.01. The molecule has 2 aromatic rings. The molecule has 6 heteroatoms. The van der Waals surface area contributed by atoms with Crippen molar-refractivity contribution < 1.29 is 14.7 Å². The van der Waals surface area contributed by atoms with Gasteiger partial charge < -0.3 is 10.0 Å². The smallest absolute Gasteiger partial charge is 0.326 e. The maximum atomic E-state index is 12.7. The minimum absolute atomic E-state index is 0.225. The minimum atomic E-state index is -0.931. The van der Waals surface area contributed by atoms with E-state index in [1.807, 2.05) is 6.07 Å². The van der Waals surface area contributed by atoms with Crippen LogP contribution in [0.1, 0.15) is 29.6 Å². The number of hydrogen-bond acceptors (Lipinski definition) is 3. The molecule has 0 bridgehead atoms. The van der Waals surface area contributed by atoms with Gasteiger partial charge in [-0.25, -0.2) is 4.79 Å². The van der Waals surface area contributed by atoms with Crippen LogP contribution in [-0.2, 0) is 4.79 Å². The van der Waals surface area contributed by atoms with Gasteiger partial charge in [0.15, 0.2) is 0 Å². The highest BCUT2D eigenvalue weighted by Gasteiger charge is 2.32. The van der Waals surface area contributed by atoms with E-state index in [4.69, 9.17) is 0 Å². The van der Waals surface area contributed by atoms with E-state index in [0.29, 0.717) is 18.5 Å². The molecule has 0 aliphatic carbocycles. The molecule has 1 fully saturated rings. The Morgan fingerprint density at radius 2 is 2.14 bits per heavy atom. The third-order valence-electron chi connectivity index (χ3n) is 3.99. The second-order valence-electron chi connectivity index (χ2n) is 5.42. The number of hydrogen-bond donors (Lipinski definition) is 2. The Morgan fingerprint density at radius 1 is 1.27 bits per heavy atom. The van der Waals surface area contributed by atoms with Crippen molar-refractivity contribution in [3.8, 4) is 11.1 Å². The number of nitrogens with one attached hydrogen (secondary N) is 1. The second-order valence-corrected chi connectivity index (χ2v) is 5.42. The maximum absolute atomic E-state index is 12.7. The number of likely N-dealkylation sites (tertiary alicyclic amines) is 1. The van der Waals surface area contributed by atoms with Crippen LogP contribution < -0.4 is 0 Å². The molecule has 0 unspecified atom stereocenters. The van der Waals surface area contributed by atoms with Gasteiger partial charge in [0.25, 0.3) is 5.91 Å². The zero-order chi connectivity index (χ0) is 15.5. The number of benzene rings is 1. The van der Waals surface area contributed by atoms with E-state index in [9.17, 15) is 14.7 Å². The molecule has 2 N–H and O–H groups in total. The third-order valence-corrected chi connectivity index (χ3v) is 3.99. The van der Waals surface area contributed by atoms with Crippen LogP contribution in [0.25, 0.3) is 11.1 Å². The number of aromatic nitrogens is 2. The van der Waals surface area contributed by atoms with Crippen LogP contribution in [0.4, 0.5) is 0 Å². The Kier molecular flexibility index (Phi) is 3.91. The average molecular weight is 299 g/mol. The molecule has 1 saturated heterocycles. The molecule has 1 atom stereocenters. The van der Waals surface area contributed by atoms with Crippen molar-refractivity contribution in [2.24, 2.45) is 0 Å². The van der Waals surface area contributed by atoms with Crippen LogP contribution in [0.2, 0.25) is 0 Å². The molecule has 0 saturated carbocycles. The molecule has 1 amide bonds. The number of amides is 1. The number of piperidine rings is 1. The van der Waals surface area contributed by atoms with Crippen LogP contribution in [0, 0.1) is 0 Å². The summed E-state index contributed by atoms with van der Waals surface area (Å²) in [6.45, 7) is 0.492. The fourth-order valence-corrected chi connectivity index (χ4v) is 2.84. The Balaban J connectivity index is 1.88. The lowest BCUT2D eigenvalue weighted by molar-refractivity contribution is -0.143. The lowest BCUT2D eigenvalue weighted by Crippen LogP contribution is -2.47. The molecular formula is C16H17N3O3. The van der Waals surface area contributed by atoms with Crippen molar-refractivity contribution in [2.45, 2.75) is 25.3 Å². The van der Waals surface area contributed by atoms with Crippen molar-refractivity contribution >= 4 is 11.9 Å². The zero-order valence-electron chi connectivity index (χ0n) is 12.0. The van der Waals surface area contributed by atoms with E-state index in [0.717, 1.165) is 24.0 Å². The monoisotopic (exact) mass is 299 g/mol. The van der Waals surface area contributed by atoms with Gasteiger partial charge in [-0.05, 0) is 37.0 Å². The summed E-state index contributed by atoms with van der Waals surface area (Å²) in [6.07, 6.45) is 5.64. The van der Waals surface area contributed by atoms with Crippen LogP contribution in [0.3, 0.4) is 0 Å². The molecular weight excluding hydrogens is 282 g/mol. The van der Waals surface area contributed by atoms with Crippen molar-refractivity contribution in [1.82, 2.24) is 15.1 Å². The number of H-pyrrole nitrogens is 1. The van der Waals surface area contributed by atoms with Crippen LogP contribution in [0.15, 0.2) is 36.7 Å². The highest BCUT2D eigenvalue weighted by molar-refractivity contribution is 5.97. The van der Waals surface area contributed by atoms with Gasteiger partial charge >= 0.3 is 5.97 Å². The van der Waals surface area contributed by atoms with Gasteiger partial charge in [-0.3, -0.25) is 9.89 Å². The summed E-state index contributed by atoms with van der Waals surface area (Å²) in [5.41, 5.74) is 2.28. The summed E-state index contributed by atoms with van der Waals surface area (Å²) < 4.78 is 0. The minimum Gasteiger partial charge on any atom is -0.480 e. The Morgan fingerprint density at radius 3 is 2.86 bits per heavy atom. The first-order valence-corrected chi connectivity index (χ1v) is 7.30. The molecule has 22 heavy (non-hydrogen) atoms. The first kappa shape index (κ1) is 14.3. The standard InChI is InChI=1S/C16H17N3O3/c20-15(19-7-2-1-6-14(19)16(21)22)12-5-3-4-11(8-12)13-9-17-18-10-13/h3-5,8-10,14H,1-2,6-7H2,(H,17,18)(H,21,22)/t14-/m0/s1. The summed E-state index contributed by atoms with van der Waals surface area (Å²) in [5, 5.41) is 15.9. The topological polar surface area (TPSA) is 86.3 Å².